The van der Waals surface area contributed by atoms with E-state index in [4.69, 9.17) is 9.47 Å². The van der Waals surface area contributed by atoms with Crippen molar-refractivity contribution in [2.45, 2.75) is 18.4 Å². The quantitative estimate of drug-likeness (QED) is 0.934. The Balaban J connectivity index is 2.13. The van der Waals surface area contributed by atoms with Crippen molar-refractivity contribution in [3.63, 3.8) is 0 Å². The maximum absolute atomic E-state index is 13.3. The normalized spacial score (nSPS) is 20.2. The van der Waals surface area contributed by atoms with Gasteiger partial charge in [-0.05, 0) is 36.1 Å². The van der Waals surface area contributed by atoms with Gasteiger partial charge >= 0.3 is 0 Å². The highest BCUT2D eigenvalue weighted by atomic mass is 19.1. The van der Waals surface area contributed by atoms with Crippen molar-refractivity contribution in [2.75, 3.05) is 14.2 Å². The molecule has 1 N–H and O–H groups in total. The molecule has 0 bridgehead atoms. The summed E-state index contributed by atoms with van der Waals surface area (Å²) in [6.45, 7) is 0. The van der Waals surface area contributed by atoms with Crippen LogP contribution in [-0.2, 0) is 12.0 Å². The molecule has 0 radical (unpaired) electrons. The van der Waals surface area contributed by atoms with Gasteiger partial charge < -0.3 is 14.6 Å². The summed E-state index contributed by atoms with van der Waals surface area (Å²) >= 11 is 0. The lowest BCUT2D eigenvalue weighted by Crippen LogP contribution is -2.26. The standard InChI is InChI=1S/C15H15FN2O3/c1-20-12-8-17-13(14(18-12)21-2)15(19)6-5-9-7-10(16)3-4-11(9)15/h3-4,7-8,19H,5-6H2,1-2H3. The van der Waals surface area contributed by atoms with Crippen molar-refractivity contribution < 1.29 is 19.0 Å². The van der Waals surface area contributed by atoms with Gasteiger partial charge in [-0.3, -0.25) is 0 Å². The minimum atomic E-state index is -1.33. The maximum Gasteiger partial charge on any atom is 0.242 e. The van der Waals surface area contributed by atoms with Gasteiger partial charge in [0.05, 0.1) is 20.4 Å². The Hall–Kier alpha value is -2.21. The Bertz CT molecular complexity index is 693. The number of aliphatic hydroxyl groups is 1. The second-order valence-electron chi connectivity index (χ2n) is 4.93. The number of aromatic nitrogens is 2. The number of hydrogen-bond donors (Lipinski definition) is 1. The summed E-state index contributed by atoms with van der Waals surface area (Å²) in [7, 11) is 2.93. The molecule has 0 fully saturated rings. The van der Waals surface area contributed by atoms with Crippen molar-refractivity contribution in [2.24, 2.45) is 0 Å². The van der Waals surface area contributed by atoms with Crippen LogP contribution in [0.1, 0.15) is 23.2 Å². The van der Waals surface area contributed by atoms with Crippen LogP contribution >= 0.6 is 0 Å². The van der Waals surface area contributed by atoms with E-state index in [9.17, 15) is 9.50 Å². The molecule has 0 spiro atoms. The Kier molecular flexibility index (Phi) is 3.25. The van der Waals surface area contributed by atoms with Gasteiger partial charge in [-0.1, -0.05) is 6.07 Å². The molecular formula is C15H15FN2O3. The fraction of sp³-hybridized carbons (Fsp3) is 0.333. The number of aryl methyl sites for hydroxylation is 1. The first-order valence-corrected chi connectivity index (χ1v) is 6.55. The molecule has 3 rings (SSSR count). The molecule has 0 aliphatic heterocycles. The molecule has 5 nitrogen and oxygen atoms in total. The van der Waals surface area contributed by atoms with Gasteiger partial charge in [0.15, 0.2) is 0 Å². The lowest BCUT2D eigenvalue weighted by molar-refractivity contribution is 0.0739. The van der Waals surface area contributed by atoms with Crippen molar-refractivity contribution in [3.8, 4) is 11.8 Å². The highest BCUT2D eigenvalue weighted by molar-refractivity contribution is 5.46. The first-order valence-electron chi connectivity index (χ1n) is 6.55. The molecule has 0 amide bonds. The van der Waals surface area contributed by atoms with Crippen molar-refractivity contribution in [1.82, 2.24) is 9.97 Å². The van der Waals surface area contributed by atoms with Gasteiger partial charge in [-0.2, -0.15) is 4.98 Å². The molecule has 1 aromatic heterocycles. The van der Waals surface area contributed by atoms with Crippen LogP contribution in [0.5, 0.6) is 11.8 Å². The van der Waals surface area contributed by atoms with Crippen LogP contribution in [0, 0.1) is 5.82 Å². The summed E-state index contributed by atoms with van der Waals surface area (Å²) in [6.07, 6.45) is 2.40. The Morgan fingerprint density at radius 1 is 1.29 bits per heavy atom. The molecule has 1 aliphatic rings. The fourth-order valence-electron chi connectivity index (χ4n) is 2.75. The first-order chi connectivity index (χ1) is 10.1. The SMILES string of the molecule is COc1cnc(C2(O)CCc3cc(F)ccc32)c(OC)n1. The monoisotopic (exact) mass is 290 g/mol. The summed E-state index contributed by atoms with van der Waals surface area (Å²) in [5.74, 6) is 0.191. The second kappa shape index (κ2) is 4.96. The molecule has 1 aliphatic carbocycles. The van der Waals surface area contributed by atoms with E-state index in [1.54, 1.807) is 6.07 Å². The predicted octanol–water partition coefficient (Wildman–Crippen LogP) is 1.81. The molecule has 6 heteroatoms. The fourth-order valence-corrected chi connectivity index (χ4v) is 2.75. The third-order valence-electron chi connectivity index (χ3n) is 3.78. The molecule has 2 aromatic rings. The van der Waals surface area contributed by atoms with Gasteiger partial charge in [0.2, 0.25) is 11.8 Å². The number of ether oxygens (including phenoxy) is 2. The molecule has 1 unspecified atom stereocenters. The van der Waals surface area contributed by atoms with E-state index in [2.05, 4.69) is 9.97 Å². The summed E-state index contributed by atoms with van der Waals surface area (Å²) in [6, 6.07) is 4.36. The molecular weight excluding hydrogens is 275 g/mol. The van der Waals surface area contributed by atoms with E-state index < -0.39 is 5.60 Å². The van der Waals surface area contributed by atoms with Crippen LogP contribution in [0.15, 0.2) is 24.4 Å². The Morgan fingerprint density at radius 2 is 2.10 bits per heavy atom. The topological polar surface area (TPSA) is 64.5 Å². The van der Waals surface area contributed by atoms with Crippen LogP contribution in [0.25, 0.3) is 0 Å². The lowest BCUT2D eigenvalue weighted by Gasteiger charge is -2.24. The van der Waals surface area contributed by atoms with Gasteiger partial charge in [-0.25, -0.2) is 9.37 Å². The van der Waals surface area contributed by atoms with Gasteiger partial charge in [0.25, 0.3) is 0 Å². The minimum absolute atomic E-state index is 0.203. The molecule has 1 heterocycles. The van der Waals surface area contributed by atoms with Crippen LogP contribution < -0.4 is 9.47 Å². The van der Waals surface area contributed by atoms with Gasteiger partial charge in [-0.15, -0.1) is 0 Å². The largest absolute Gasteiger partial charge is 0.480 e. The van der Waals surface area contributed by atoms with Crippen molar-refractivity contribution in [3.05, 3.63) is 47.0 Å². The van der Waals surface area contributed by atoms with Crippen LogP contribution in [-0.4, -0.2) is 29.3 Å². The summed E-state index contributed by atoms with van der Waals surface area (Å²) in [5, 5.41) is 11.0. The number of hydrogen-bond acceptors (Lipinski definition) is 5. The number of halogens is 1. The average molecular weight is 290 g/mol. The highest BCUT2D eigenvalue weighted by Gasteiger charge is 2.42. The molecule has 1 aromatic carbocycles. The zero-order chi connectivity index (χ0) is 15.0. The van der Waals surface area contributed by atoms with Crippen LogP contribution in [0.3, 0.4) is 0 Å². The minimum Gasteiger partial charge on any atom is -0.480 e. The van der Waals surface area contributed by atoms with E-state index in [-0.39, 0.29) is 11.7 Å². The molecule has 21 heavy (non-hydrogen) atoms. The zero-order valence-corrected chi connectivity index (χ0v) is 11.8. The van der Waals surface area contributed by atoms with E-state index in [0.29, 0.717) is 30.0 Å². The third kappa shape index (κ3) is 2.12. The second-order valence-corrected chi connectivity index (χ2v) is 4.93. The van der Waals surface area contributed by atoms with E-state index in [1.165, 1.54) is 32.5 Å². The molecule has 110 valence electrons. The summed E-state index contributed by atoms with van der Waals surface area (Å²) in [5.41, 5.74) is 0.406. The van der Waals surface area contributed by atoms with Crippen LogP contribution in [0.4, 0.5) is 4.39 Å². The van der Waals surface area contributed by atoms with Gasteiger partial charge in [0, 0.05) is 0 Å². The lowest BCUT2D eigenvalue weighted by atomic mass is 9.92. The molecule has 0 saturated heterocycles. The number of methoxy groups -OCH3 is 2. The maximum atomic E-state index is 13.3. The molecule has 1 atom stereocenters. The van der Waals surface area contributed by atoms with Gasteiger partial charge in [0.1, 0.15) is 17.1 Å². The smallest absolute Gasteiger partial charge is 0.242 e. The van der Waals surface area contributed by atoms with E-state index in [1.807, 2.05) is 0 Å². The van der Waals surface area contributed by atoms with Crippen molar-refractivity contribution in [1.29, 1.82) is 0 Å². The van der Waals surface area contributed by atoms with E-state index >= 15 is 0 Å². The number of benzene rings is 1. The zero-order valence-electron chi connectivity index (χ0n) is 11.8. The summed E-state index contributed by atoms with van der Waals surface area (Å²) in [4.78, 5) is 8.39. The highest BCUT2D eigenvalue weighted by Crippen LogP contribution is 2.44. The molecule has 0 saturated carbocycles. The summed E-state index contributed by atoms with van der Waals surface area (Å²) < 4.78 is 23.5. The Labute approximate surface area is 121 Å². The number of nitrogens with zero attached hydrogens (tertiary/aromatic N) is 2. The third-order valence-corrected chi connectivity index (χ3v) is 3.78. The number of rotatable bonds is 3. The van der Waals surface area contributed by atoms with E-state index in [0.717, 1.165) is 5.56 Å². The van der Waals surface area contributed by atoms with Crippen molar-refractivity contribution >= 4 is 0 Å². The Morgan fingerprint density at radius 3 is 2.81 bits per heavy atom. The van der Waals surface area contributed by atoms with Crippen LogP contribution in [0.2, 0.25) is 0 Å². The first kappa shape index (κ1) is 13.8. The predicted molar refractivity (Wildman–Crippen MR) is 72.9 cm³/mol. The number of fused-ring (bicyclic) bond motifs is 1. The average Bonchev–Trinajstić information content (AvgIpc) is 2.84.